The predicted octanol–water partition coefficient (Wildman–Crippen LogP) is 2.33. The highest BCUT2D eigenvalue weighted by atomic mass is 15.3. The highest BCUT2D eigenvalue weighted by Crippen LogP contribution is 2.07. The molecule has 0 unspecified atom stereocenters. The molecule has 0 radical (unpaired) electrons. The van der Waals surface area contributed by atoms with Crippen LogP contribution in [0.15, 0.2) is 30.5 Å². The molecule has 5 heteroatoms. The molecule has 4 N–H and O–H groups in total. The number of aryl methyl sites for hydroxylation is 1. The van der Waals surface area contributed by atoms with E-state index in [1.54, 1.807) is 6.20 Å². The number of aromatic nitrogens is 3. The Morgan fingerprint density at radius 1 is 1.22 bits per heavy atom. The van der Waals surface area contributed by atoms with E-state index in [0.717, 1.165) is 11.4 Å². The first-order valence-electron chi connectivity index (χ1n) is 6.05. The molecule has 0 amide bonds. The van der Waals surface area contributed by atoms with Crippen molar-refractivity contribution in [1.82, 2.24) is 15.4 Å². The molecule has 0 aliphatic rings. The summed E-state index contributed by atoms with van der Waals surface area (Å²) in [5.74, 6) is 0. The fraction of sp³-hybridized carbons (Fsp3) is 0.385. The molecule has 1 aromatic carbocycles. The number of benzene rings is 1. The van der Waals surface area contributed by atoms with E-state index < -0.39 is 0 Å². The first kappa shape index (κ1) is 16.1. The van der Waals surface area contributed by atoms with Gasteiger partial charge in [-0.2, -0.15) is 15.4 Å². The standard InChI is InChI=1S/C8H12N2.C3H5N3.C2H6/c1-10-8-4-2-7(6-9)3-5-8;1-3-2-4-6-5-3;1-2/h2-5,10H,6,9H2,1H3;2H,1H3,(H,4,5,6);1-2H3. The van der Waals surface area contributed by atoms with E-state index in [-0.39, 0.29) is 0 Å². The summed E-state index contributed by atoms with van der Waals surface area (Å²) in [4.78, 5) is 0. The smallest absolute Gasteiger partial charge is 0.0793 e. The Balaban J connectivity index is 0.000000308. The SMILES string of the molecule is CC.CNc1ccc(CN)cc1.Cc1cn[nH]n1. The normalized spacial score (nSPS) is 8.50. The van der Waals surface area contributed by atoms with Gasteiger partial charge >= 0.3 is 0 Å². The Hall–Kier alpha value is -1.88. The van der Waals surface area contributed by atoms with Gasteiger partial charge in [-0.1, -0.05) is 26.0 Å². The average molecular weight is 249 g/mol. The fourth-order valence-electron chi connectivity index (χ4n) is 1.07. The van der Waals surface area contributed by atoms with Gasteiger partial charge in [0, 0.05) is 19.3 Å². The third-order valence-electron chi connectivity index (χ3n) is 2.01. The van der Waals surface area contributed by atoms with Crippen molar-refractivity contribution in [3.05, 3.63) is 41.7 Å². The average Bonchev–Trinajstić information content (AvgIpc) is 2.93. The van der Waals surface area contributed by atoms with Crippen molar-refractivity contribution < 1.29 is 0 Å². The Morgan fingerprint density at radius 2 is 1.83 bits per heavy atom. The van der Waals surface area contributed by atoms with Crippen molar-refractivity contribution in [1.29, 1.82) is 0 Å². The molecular formula is C13H23N5. The minimum Gasteiger partial charge on any atom is -0.388 e. The molecule has 0 bridgehead atoms. The van der Waals surface area contributed by atoms with Crippen LogP contribution in [0.5, 0.6) is 0 Å². The molecule has 0 aliphatic carbocycles. The lowest BCUT2D eigenvalue weighted by Crippen LogP contribution is -1.96. The van der Waals surface area contributed by atoms with Crippen molar-refractivity contribution in [2.75, 3.05) is 12.4 Å². The fourth-order valence-corrected chi connectivity index (χ4v) is 1.07. The molecule has 1 aromatic heterocycles. The maximum Gasteiger partial charge on any atom is 0.0793 e. The molecule has 0 aliphatic heterocycles. The summed E-state index contributed by atoms with van der Waals surface area (Å²) < 4.78 is 0. The van der Waals surface area contributed by atoms with Gasteiger partial charge in [0.1, 0.15) is 0 Å². The van der Waals surface area contributed by atoms with Gasteiger partial charge in [-0.25, -0.2) is 0 Å². The molecular weight excluding hydrogens is 226 g/mol. The summed E-state index contributed by atoms with van der Waals surface area (Å²) in [7, 11) is 1.90. The first-order valence-corrected chi connectivity index (χ1v) is 6.05. The van der Waals surface area contributed by atoms with Gasteiger partial charge in [0.25, 0.3) is 0 Å². The van der Waals surface area contributed by atoms with Crippen LogP contribution >= 0.6 is 0 Å². The van der Waals surface area contributed by atoms with Crippen LogP contribution in [0, 0.1) is 6.92 Å². The van der Waals surface area contributed by atoms with E-state index in [0.29, 0.717) is 6.54 Å². The van der Waals surface area contributed by atoms with Crippen molar-refractivity contribution >= 4 is 5.69 Å². The number of nitrogens with one attached hydrogen (secondary N) is 2. The second-order valence-corrected chi connectivity index (χ2v) is 3.26. The summed E-state index contributed by atoms with van der Waals surface area (Å²) in [5, 5.41) is 12.7. The van der Waals surface area contributed by atoms with Crippen LogP contribution in [0.4, 0.5) is 5.69 Å². The van der Waals surface area contributed by atoms with Gasteiger partial charge in [-0.3, -0.25) is 0 Å². The zero-order valence-corrected chi connectivity index (χ0v) is 11.6. The molecule has 18 heavy (non-hydrogen) atoms. The van der Waals surface area contributed by atoms with Crippen LogP contribution in [-0.2, 0) is 6.54 Å². The van der Waals surface area contributed by atoms with E-state index in [9.17, 15) is 0 Å². The van der Waals surface area contributed by atoms with E-state index >= 15 is 0 Å². The molecule has 0 fully saturated rings. The summed E-state index contributed by atoms with van der Waals surface area (Å²) in [6, 6.07) is 8.07. The highest BCUT2D eigenvalue weighted by molar-refractivity contribution is 5.43. The van der Waals surface area contributed by atoms with E-state index in [1.165, 1.54) is 5.56 Å². The number of nitrogens with zero attached hydrogens (tertiary/aromatic N) is 2. The summed E-state index contributed by atoms with van der Waals surface area (Å²) in [6.07, 6.45) is 1.67. The van der Waals surface area contributed by atoms with Crippen LogP contribution in [0.25, 0.3) is 0 Å². The number of hydrogen-bond donors (Lipinski definition) is 3. The zero-order valence-electron chi connectivity index (χ0n) is 11.6. The molecule has 0 saturated heterocycles. The van der Waals surface area contributed by atoms with E-state index in [4.69, 9.17) is 5.73 Å². The number of anilines is 1. The summed E-state index contributed by atoms with van der Waals surface area (Å²) in [5.41, 5.74) is 8.64. The number of aromatic amines is 1. The van der Waals surface area contributed by atoms with Crippen molar-refractivity contribution in [2.45, 2.75) is 27.3 Å². The lowest BCUT2D eigenvalue weighted by Gasteiger charge is -1.99. The largest absolute Gasteiger partial charge is 0.388 e. The van der Waals surface area contributed by atoms with Gasteiger partial charge < -0.3 is 11.1 Å². The Bertz CT molecular complexity index is 357. The van der Waals surface area contributed by atoms with Gasteiger partial charge in [-0.05, 0) is 24.6 Å². The molecule has 1 heterocycles. The quantitative estimate of drug-likeness (QED) is 0.763. The van der Waals surface area contributed by atoms with Gasteiger partial charge in [-0.15, -0.1) is 0 Å². The van der Waals surface area contributed by atoms with Crippen LogP contribution in [0.3, 0.4) is 0 Å². The van der Waals surface area contributed by atoms with Crippen LogP contribution < -0.4 is 11.1 Å². The minimum absolute atomic E-state index is 0.615. The summed E-state index contributed by atoms with van der Waals surface area (Å²) in [6.45, 7) is 6.49. The van der Waals surface area contributed by atoms with Crippen molar-refractivity contribution in [3.63, 3.8) is 0 Å². The van der Waals surface area contributed by atoms with Gasteiger partial charge in [0.15, 0.2) is 0 Å². The maximum atomic E-state index is 5.42. The maximum absolute atomic E-state index is 5.42. The zero-order chi connectivity index (χ0) is 13.8. The van der Waals surface area contributed by atoms with Gasteiger partial charge in [0.2, 0.25) is 0 Å². The van der Waals surface area contributed by atoms with E-state index in [1.807, 2.05) is 52.1 Å². The van der Waals surface area contributed by atoms with E-state index in [2.05, 4.69) is 20.7 Å². The number of rotatable bonds is 2. The van der Waals surface area contributed by atoms with Crippen LogP contribution in [0.1, 0.15) is 25.1 Å². The Kier molecular flexibility index (Phi) is 9.21. The predicted molar refractivity (Wildman–Crippen MR) is 76.3 cm³/mol. The molecule has 0 spiro atoms. The highest BCUT2D eigenvalue weighted by Gasteiger charge is 1.87. The second-order valence-electron chi connectivity index (χ2n) is 3.26. The molecule has 2 rings (SSSR count). The minimum atomic E-state index is 0.615. The third-order valence-corrected chi connectivity index (χ3v) is 2.01. The molecule has 0 saturated carbocycles. The van der Waals surface area contributed by atoms with Crippen LogP contribution in [-0.4, -0.2) is 22.5 Å². The Labute approximate surface area is 109 Å². The number of hydrogen-bond acceptors (Lipinski definition) is 4. The van der Waals surface area contributed by atoms with Crippen molar-refractivity contribution in [3.8, 4) is 0 Å². The molecule has 2 aromatic rings. The lowest BCUT2D eigenvalue weighted by molar-refractivity contribution is 0.928. The topological polar surface area (TPSA) is 79.6 Å². The van der Waals surface area contributed by atoms with Gasteiger partial charge in [0.05, 0.1) is 11.9 Å². The van der Waals surface area contributed by atoms with Crippen LogP contribution in [0.2, 0.25) is 0 Å². The van der Waals surface area contributed by atoms with Crippen molar-refractivity contribution in [2.24, 2.45) is 5.73 Å². The first-order chi connectivity index (χ1) is 8.76. The number of nitrogens with two attached hydrogens (primary N) is 1. The lowest BCUT2D eigenvalue weighted by atomic mass is 10.2. The molecule has 100 valence electrons. The Morgan fingerprint density at radius 3 is 2.11 bits per heavy atom. The third kappa shape index (κ3) is 6.65. The molecule has 5 nitrogen and oxygen atoms in total. The summed E-state index contributed by atoms with van der Waals surface area (Å²) >= 11 is 0. The monoisotopic (exact) mass is 249 g/mol. The second kappa shape index (κ2) is 10.3. The molecule has 0 atom stereocenters. The number of H-pyrrole nitrogens is 1.